The Bertz CT molecular complexity index is 1300. The van der Waals surface area contributed by atoms with Crippen LogP contribution < -0.4 is 10.6 Å². The molecule has 1 saturated heterocycles. The number of carbonyl (C=O) groups excluding carboxylic acids is 1. The fourth-order valence-electron chi connectivity index (χ4n) is 4.12. The number of nitrogens with zero attached hydrogens (tertiary/aromatic N) is 5. The number of carbonyl (C=O) groups is 1. The van der Waals surface area contributed by atoms with Crippen LogP contribution in [0.3, 0.4) is 0 Å². The molecule has 3 aromatic heterocycles. The minimum absolute atomic E-state index is 0.117. The zero-order valence-corrected chi connectivity index (χ0v) is 20.6. The number of hydrogen-bond donors (Lipinski definition) is 2. The standard InChI is InChI=1S/C24H23BrClN7O/c25-20-14-29-33-22(28-13-16-3-1-9-27-12-16)11-21(31-23(20)33)17-4-2-10-32(15-17)24(34)30-19-7-5-18(26)6-8-19/h1,3,5-9,11-12,14,17,28H,2,4,10,13,15H2,(H,30,34). The summed E-state index contributed by atoms with van der Waals surface area (Å²) in [4.78, 5) is 23.8. The zero-order chi connectivity index (χ0) is 23.5. The summed E-state index contributed by atoms with van der Waals surface area (Å²) in [5, 5.41) is 11.5. The number of fused-ring (bicyclic) bond motifs is 1. The van der Waals surface area contributed by atoms with Crippen LogP contribution in [0.25, 0.3) is 5.65 Å². The first-order chi connectivity index (χ1) is 16.6. The molecule has 1 aliphatic rings. The Kier molecular flexibility index (Phi) is 6.64. The number of rotatable bonds is 5. The smallest absolute Gasteiger partial charge is 0.321 e. The number of benzene rings is 1. The molecule has 0 radical (unpaired) electrons. The lowest BCUT2D eigenvalue weighted by Gasteiger charge is -2.32. The van der Waals surface area contributed by atoms with E-state index in [9.17, 15) is 4.79 Å². The molecule has 10 heteroatoms. The van der Waals surface area contributed by atoms with Gasteiger partial charge in [0, 0.05) is 54.7 Å². The number of amides is 2. The molecule has 0 saturated carbocycles. The van der Waals surface area contributed by atoms with Crippen molar-refractivity contribution in [1.29, 1.82) is 0 Å². The summed E-state index contributed by atoms with van der Waals surface area (Å²) in [5.41, 5.74) is 3.48. The fourth-order valence-corrected chi connectivity index (χ4v) is 4.60. The third-order valence-electron chi connectivity index (χ3n) is 5.87. The maximum absolute atomic E-state index is 12.9. The van der Waals surface area contributed by atoms with Crippen molar-refractivity contribution in [2.75, 3.05) is 23.7 Å². The van der Waals surface area contributed by atoms with E-state index in [1.807, 2.05) is 29.3 Å². The molecule has 0 spiro atoms. The normalized spacial score (nSPS) is 15.9. The molecule has 2 amide bonds. The van der Waals surface area contributed by atoms with Gasteiger partial charge in [-0.15, -0.1) is 0 Å². The van der Waals surface area contributed by atoms with Crippen molar-refractivity contribution in [1.82, 2.24) is 24.5 Å². The van der Waals surface area contributed by atoms with Crippen molar-refractivity contribution in [3.8, 4) is 0 Å². The second kappa shape index (κ2) is 9.99. The van der Waals surface area contributed by atoms with E-state index in [1.165, 1.54) is 0 Å². The molecular weight excluding hydrogens is 518 g/mol. The number of likely N-dealkylation sites (tertiary alicyclic amines) is 1. The van der Waals surface area contributed by atoms with Gasteiger partial charge < -0.3 is 15.5 Å². The number of pyridine rings is 1. The Morgan fingerprint density at radius 2 is 2.06 bits per heavy atom. The van der Waals surface area contributed by atoms with Crippen LogP contribution in [0.1, 0.15) is 30.0 Å². The van der Waals surface area contributed by atoms with E-state index >= 15 is 0 Å². The van der Waals surface area contributed by atoms with Crippen LogP contribution in [-0.2, 0) is 6.54 Å². The topological polar surface area (TPSA) is 87.5 Å². The molecule has 4 heterocycles. The summed E-state index contributed by atoms with van der Waals surface area (Å²) in [5.74, 6) is 0.966. The number of nitrogens with one attached hydrogen (secondary N) is 2. The average molecular weight is 541 g/mol. The zero-order valence-electron chi connectivity index (χ0n) is 18.3. The van der Waals surface area contributed by atoms with Gasteiger partial charge in [0.05, 0.1) is 16.4 Å². The molecule has 1 atom stereocenters. The quantitative estimate of drug-likeness (QED) is 0.346. The highest BCUT2D eigenvalue weighted by Gasteiger charge is 2.27. The third-order valence-corrected chi connectivity index (χ3v) is 6.68. The van der Waals surface area contributed by atoms with Gasteiger partial charge in [-0.25, -0.2) is 9.78 Å². The van der Waals surface area contributed by atoms with Gasteiger partial charge in [0.15, 0.2) is 5.65 Å². The first kappa shape index (κ1) is 22.6. The number of anilines is 2. The van der Waals surface area contributed by atoms with E-state index in [1.54, 1.807) is 41.2 Å². The minimum Gasteiger partial charge on any atom is -0.366 e. The van der Waals surface area contributed by atoms with E-state index < -0.39 is 0 Å². The Hall–Kier alpha value is -3.17. The van der Waals surface area contributed by atoms with Gasteiger partial charge in [0.25, 0.3) is 0 Å². The summed E-state index contributed by atoms with van der Waals surface area (Å²) >= 11 is 9.52. The largest absolute Gasteiger partial charge is 0.366 e. The van der Waals surface area contributed by atoms with E-state index in [4.69, 9.17) is 16.6 Å². The average Bonchev–Trinajstić information content (AvgIpc) is 3.25. The molecule has 0 bridgehead atoms. The van der Waals surface area contributed by atoms with Crippen molar-refractivity contribution < 1.29 is 4.79 Å². The van der Waals surface area contributed by atoms with Gasteiger partial charge in [-0.1, -0.05) is 17.7 Å². The molecule has 174 valence electrons. The number of hydrogen-bond acceptors (Lipinski definition) is 5. The van der Waals surface area contributed by atoms with Crippen LogP contribution in [0, 0.1) is 0 Å². The van der Waals surface area contributed by atoms with Crippen LogP contribution in [0.2, 0.25) is 5.02 Å². The van der Waals surface area contributed by atoms with Gasteiger partial charge in [-0.3, -0.25) is 4.98 Å². The molecule has 4 aromatic rings. The Balaban J connectivity index is 1.35. The molecular formula is C24H23BrClN7O. The summed E-state index contributed by atoms with van der Waals surface area (Å²) in [7, 11) is 0. The van der Waals surface area contributed by atoms with Gasteiger partial charge >= 0.3 is 6.03 Å². The van der Waals surface area contributed by atoms with Crippen LogP contribution in [-0.4, -0.2) is 43.6 Å². The van der Waals surface area contributed by atoms with E-state index in [0.717, 1.165) is 45.7 Å². The maximum atomic E-state index is 12.9. The Labute approximate surface area is 210 Å². The fraction of sp³-hybridized carbons (Fsp3) is 0.250. The summed E-state index contributed by atoms with van der Waals surface area (Å²) in [6.45, 7) is 1.92. The van der Waals surface area contributed by atoms with Crippen LogP contribution >= 0.6 is 27.5 Å². The van der Waals surface area contributed by atoms with Gasteiger partial charge in [-0.05, 0) is 64.7 Å². The van der Waals surface area contributed by atoms with Crippen LogP contribution in [0.4, 0.5) is 16.3 Å². The van der Waals surface area contributed by atoms with Gasteiger partial charge in [0.1, 0.15) is 5.82 Å². The first-order valence-electron chi connectivity index (χ1n) is 11.1. The molecule has 1 aliphatic heterocycles. The highest BCUT2D eigenvalue weighted by molar-refractivity contribution is 9.10. The molecule has 1 unspecified atom stereocenters. The van der Waals surface area contributed by atoms with E-state index in [-0.39, 0.29) is 11.9 Å². The number of piperidine rings is 1. The third kappa shape index (κ3) is 5.00. The number of halogens is 2. The lowest BCUT2D eigenvalue weighted by molar-refractivity contribution is 0.192. The van der Waals surface area contributed by atoms with Crippen LogP contribution in [0.5, 0.6) is 0 Å². The lowest BCUT2D eigenvalue weighted by atomic mass is 9.94. The van der Waals surface area contributed by atoms with Crippen LogP contribution in [0.15, 0.2) is 65.5 Å². The number of aromatic nitrogens is 4. The first-order valence-corrected chi connectivity index (χ1v) is 12.2. The molecule has 1 aromatic carbocycles. The number of urea groups is 1. The van der Waals surface area contributed by atoms with Crippen molar-refractivity contribution in [3.63, 3.8) is 0 Å². The highest BCUT2D eigenvalue weighted by Crippen LogP contribution is 2.30. The van der Waals surface area contributed by atoms with Crippen molar-refractivity contribution in [3.05, 3.63) is 81.8 Å². The van der Waals surface area contributed by atoms with E-state index in [2.05, 4.69) is 36.6 Å². The summed E-state index contributed by atoms with van der Waals surface area (Å²) in [6, 6.07) is 13.0. The predicted molar refractivity (Wildman–Crippen MR) is 136 cm³/mol. The van der Waals surface area contributed by atoms with Crippen molar-refractivity contribution in [2.24, 2.45) is 0 Å². The SMILES string of the molecule is O=C(Nc1ccc(Cl)cc1)N1CCCC(c2cc(NCc3cccnc3)n3ncc(Br)c3n2)C1. The Morgan fingerprint density at radius 1 is 1.21 bits per heavy atom. The Morgan fingerprint density at radius 3 is 2.85 bits per heavy atom. The predicted octanol–water partition coefficient (Wildman–Crippen LogP) is 5.56. The van der Waals surface area contributed by atoms with Gasteiger partial charge in [0.2, 0.25) is 0 Å². The molecule has 0 aliphatic carbocycles. The minimum atomic E-state index is -0.117. The molecule has 34 heavy (non-hydrogen) atoms. The molecule has 2 N–H and O–H groups in total. The lowest BCUT2D eigenvalue weighted by Crippen LogP contribution is -2.41. The monoisotopic (exact) mass is 539 g/mol. The van der Waals surface area contributed by atoms with Crippen molar-refractivity contribution >= 4 is 50.7 Å². The van der Waals surface area contributed by atoms with E-state index in [0.29, 0.717) is 24.7 Å². The summed E-state index contributed by atoms with van der Waals surface area (Å²) in [6.07, 6.45) is 7.21. The van der Waals surface area contributed by atoms with Gasteiger partial charge in [-0.2, -0.15) is 9.61 Å². The van der Waals surface area contributed by atoms with Crippen molar-refractivity contribution in [2.45, 2.75) is 25.3 Å². The molecule has 5 rings (SSSR count). The maximum Gasteiger partial charge on any atom is 0.321 e. The molecule has 1 fully saturated rings. The second-order valence-electron chi connectivity index (χ2n) is 8.23. The second-order valence-corrected chi connectivity index (χ2v) is 9.52. The summed E-state index contributed by atoms with van der Waals surface area (Å²) < 4.78 is 2.62. The molecule has 8 nitrogen and oxygen atoms in total. The highest BCUT2D eigenvalue weighted by atomic mass is 79.9.